The van der Waals surface area contributed by atoms with Crippen molar-refractivity contribution >= 4 is 17.6 Å². The lowest BCUT2D eigenvalue weighted by Crippen LogP contribution is -2.33. The monoisotopic (exact) mass is 268 g/mol. The molecule has 1 aromatic carbocycles. The SMILES string of the molecule is CC(C)C(CN)C(=O)Nc1ccc(F)cc1C(=O)O. The molecule has 0 radical (unpaired) electrons. The summed E-state index contributed by atoms with van der Waals surface area (Å²) in [6, 6.07) is 3.18. The van der Waals surface area contributed by atoms with E-state index in [4.69, 9.17) is 10.8 Å². The van der Waals surface area contributed by atoms with Gasteiger partial charge in [-0.25, -0.2) is 9.18 Å². The fraction of sp³-hybridized carbons (Fsp3) is 0.385. The summed E-state index contributed by atoms with van der Waals surface area (Å²) in [5.41, 5.74) is 5.30. The third kappa shape index (κ3) is 3.75. The lowest BCUT2D eigenvalue weighted by atomic mass is 9.95. The highest BCUT2D eigenvalue weighted by atomic mass is 19.1. The van der Waals surface area contributed by atoms with Crippen molar-refractivity contribution in [1.29, 1.82) is 0 Å². The number of halogens is 1. The minimum Gasteiger partial charge on any atom is -0.478 e. The van der Waals surface area contributed by atoms with Crippen LogP contribution in [0.5, 0.6) is 0 Å². The molecule has 0 spiro atoms. The third-order valence-electron chi connectivity index (χ3n) is 2.87. The standard InChI is InChI=1S/C13H17FN2O3/c1-7(2)10(6-15)12(17)16-11-4-3-8(14)5-9(11)13(18)19/h3-5,7,10H,6,15H2,1-2H3,(H,16,17)(H,18,19). The molecule has 1 unspecified atom stereocenters. The number of carbonyl (C=O) groups excluding carboxylic acids is 1. The van der Waals surface area contributed by atoms with Gasteiger partial charge in [0.1, 0.15) is 5.82 Å². The summed E-state index contributed by atoms with van der Waals surface area (Å²) in [5, 5.41) is 11.5. The molecule has 0 bridgehead atoms. The number of nitrogens with one attached hydrogen (secondary N) is 1. The summed E-state index contributed by atoms with van der Waals surface area (Å²) >= 11 is 0. The molecule has 1 amide bonds. The Morgan fingerprint density at radius 1 is 1.42 bits per heavy atom. The van der Waals surface area contributed by atoms with Crippen LogP contribution in [0.1, 0.15) is 24.2 Å². The van der Waals surface area contributed by atoms with Crippen molar-refractivity contribution in [2.45, 2.75) is 13.8 Å². The zero-order chi connectivity index (χ0) is 14.6. The molecule has 19 heavy (non-hydrogen) atoms. The normalized spacial score (nSPS) is 12.3. The van der Waals surface area contributed by atoms with Crippen LogP contribution in [-0.4, -0.2) is 23.5 Å². The average molecular weight is 268 g/mol. The van der Waals surface area contributed by atoms with Crippen molar-refractivity contribution in [1.82, 2.24) is 0 Å². The van der Waals surface area contributed by atoms with Crippen LogP contribution in [0, 0.1) is 17.7 Å². The van der Waals surface area contributed by atoms with Gasteiger partial charge >= 0.3 is 5.97 Å². The van der Waals surface area contributed by atoms with Gasteiger partial charge in [-0.3, -0.25) is 4.79 Å². The zero-order valence-corrected chi connectivity index (χ0v) is 10.8. The van der Waals surface area contributed by atoms with E-state index in [0.29, 0.717) is 0 Å². The first-order valence-corrected chi connectivity index (χ1v) is 5.90. The van der Waals surface area contributed by atoms with E-state index in [9.17, 15) is 14.0 Å². The average Bonchev–Trinajstić information content (AvgIpc) is 2.31. The molecule has 6 heteroatoms. The topological polar surface area (TPSA) is 92.4 Å². The molecule has 0 aromatic heterocycles. The quantitative estimate of drug-likeness (QED) is 0.757. The summed E-state index contributed by atoms with van der Waals surface area (Å²) in [4.78, 5) is 23.0. The Labute approximate surface area is 110 Å². The molecule has 1 atom stereocenters. The minimum atomic E-state index is -1.30. The number of benzene rings is 1. The van der Waals surface area contributed by atoms with Gasteiger partial charge in [0.25, 0.3) is 0 Å². The fourth-order valence-electron chi connectivity index (χ4n) is 1.71. The van der Waals surface area contributed by atoms with Crippen LogP contribution in [0.2, 0.25) is 0 Å². The van der Waals surface area contributed by atoms with Crippen LogP contribution in [0.3, 0.4) is 0 Å². The van der Waals surface area contributed by atoms with E-state index in [-0.39, 0.29) is 29.6 Å². The van der Waals surface area contributed by atoms with Crippen LogP contribution in [-0.2, 0) is 4.79 Å². The number of nitrogens with two attached hydrogens (primary N) is 1. The summed E-state index contributed by atoms with van der Waals surface area (Å²) in [6.07, 6.45) is 0. The molecule has 0 saturated heterocycles. The van der Waals surface area contributed by atoms with Crippen LogP contribution in [0.4, 0.5) is 10.1 Å². The Morgan fingerprint density at radius 2 is 2.05 bits per heavy atom. The minimum absolute atomic E-state index is 0.0266. The molecular weight excluding hydrogens is 251 g/mol. The Balaban J connectivity index is 2.99. The second-order valence-corrected chi connectivity index (χ2v) is 4.57. The molecule has 0 aliphatic rings. The van der Waals surface area contributed by atoms with Gasteiger partial charge in [-0.1, -0.05) is 13.8 Å². The molecule has 5 nitrogen and oxygen atoms in total. The first kappa shape index (κ1) is 15.1. The fourth-order valence-corrected chi connectivity index (χ4v) is 1.71. The zero-order valence-electron chi connectivity index (χ0n) is 10.8. The number of anilines is 1. The van der Waals surface area contributed by atoms with E-state index in [1.165, 1.54) is 6.07 Å². The lowest BCUT2D eigenvalue weighted by molar-refractivity contribution is -0.120. The van der Waals surface area contributed by atoms with Gasteiger partial charge in [0.15, 0.2) is 0 Å². The number of hydrogen-bond acceptors (Lipinski definition) is 3. The summed E-state index contributed by atoms with van der Waals surface area (Å²) in [7, 11) is 0. The molecule has 1 rings (SSSR count). The van der Waals surface area contributed by atoms with Crippen LogP contribution in [0.25, 0.3) is 0 Å². The molecule has 0 saturated carbocycles. The van der Waals surface area contributed by atoms with Crippen molar-refractivity contribution in [3.8, 4) is 0 Å². The van der Waals surface area contributed by atoms with Crippen molar-refractivity contribution in [3.63, 3.8) is 0 Å². The van der Waals surface area contributed by atoms with E-state index in [2.05, 4.69) is 5.32 Å². The van der Waals surface area contributed by atoms with Gasteiger partial charge in [-0.15, -0.1) is 0 Å². The van der Waals surface area contributed by atoms with E-state index in [0.717, 1.165) is 12.1 Å². The molecule has 1 aromatic rings. The molecule has 0 aliphatic heterocycles. The molecule has 0 aliphatic carbocycles. The maximum atomic E-state index is 13.0. The highest BCUT2D eigenvalue weighted by Gasteiger charge is 2.22. The number of rotatable bonds is 5. The highest BCUT2D eigenvalue weighted by molar-refractivity contribution is 6.01. The van der Waals surface area contributed by atoms with Gasteiger partial charge in [0.05, 0.1) is 17.2 Å². The summed E-state index contributed by atoms with van der Waals surface area (Å²) in [5.74, 6) is -2.74. The summed E-state index contributed by atoms with van der Waals surface area (Å²) in [6.45, 7) is 3.85. The van der Waals surface area contributed by atoms with E-state index in [1.807, 2.05) is 13.8 Å². The number of carbonyl (C=O) groups is 2. The smallest absolute Gasteiger partial charge is 0.337 e. The lowest BCUT2D eigenvalue weighted by Gasteiger charge is -2.19. The van der Waals surface area contributed by atoms with E-state index in [1.54, 1.807) is 0 Å². The maximum absolute atomic E-state index is 13.0. The van der Waals surface area contributed by atoms with Gasteiger partial charge in [-0.2, -0.15) is 0 Å². The Bertz CT molecular complexity index is 489. The second-order valence-electron chi connectivity index (χ2n) is 4.57. The largest absolute Gasteiger partial charge is 0.478 e. The van der Waals surface area contributed by atoms with Gasteiger partial charge in [-0.05, 0) is 24.1 Å². The molecule has 4 N–H and O–H groups in total. The van der Waals surface area contributed by atoms with E-state index < -0.39 is 17.7 Å². The van der Waals surface area contributed by atoms with Crippen molar-refractivity contribution in [2.24, 2.45) is 17.6 Å². The van der Waals surface area contributed by atoms with E-state index >= 15 is 0 Å². The summed E-state index contributed by atoms with van der Waals surface area (Å²) < 4.78 is 13.0. The number of hydrogen-bond donors (Lipinski definition) is 3. The Morgan fingerprint density at radius 3 is 2.53 bits per heavy atom. The maximum Gasteiger partial charge on any atom is 0.337 e. The van der Waals surface area contributed by atoms with Crippen molar-refractivity contribution in [2.75, 3.05) is 11.9 Å². The first-order chi connectivity index (χ1) is 8.86. The van der Waals surface area contributed by atoms with Gasteiger partial charge in [0.2, 0.25) is 5.91 Å². The first-order valence-electron chi connectivity index (χ1n) is 5.90. The molecule has 0 fully saturated rings. The Kier molecular flexibility index (Phi) is 5.00. The number of amides is 1. The number of carboxylic acids is 1. The number of carboxylic acid groups (broad SMARTS) is 1. The molecule has 0 heterocycles. The van der Waals surface area contributed by atoms with Crippen molar-refractivity contribution < 1.29 is 19.1 Å². The molecule has 104 valence electrons. The third-order valence-corrected chi connectivity index (χ3v) is 2.87. The second kappa shape index (κ2) is 6.29. The van der Waals surface area contributed by atoms with Crippen LogP contribution >= 0.6 is 0 Å². The predicted octanol–water partition coefficient (Wildman–Crippen LogP) is 1.69. The van der Waals surface area contributed by atoms with Crippen LogP contribution in [0.15, 0.2) is 18.2 Å². The Hall–Kier alpha value is -1.95. The van der Waals surface area contributed by atoms with Crippen LogP contribution < -0.4 is 11.1 Å². The van der Waals surface area contributed by atoms with Crippen molar-refractivity contribution in [3.05, 3.63) is 29.6 Å². The van der Waals surface area contributed by atoms with Gasteiger partial charge in [0, 0.05) is 6.54 Å². The molecular formula is C13H17FN2O3. The predicted molar refractivity (Wildman–Crippen MR) is 69.4 cm³/mol. The number of aromatic carboxylic acids is 1. The van der Waals surface area contributed by atoms with Gasteiger partial charge < -0.3 is 16.2 Å². The highest BCUT2D eigenvalue weighted by Crippen LogP contribution is 2.19.